The molecule has 0 aliphatic rings. The van der Waals surface area contributed by atoms with Gasteiger partial charge in [-0.3, -0.25) is 4.98 Å². The van der Waals surface area contributed by atoms with Crippen molar-refractivity contribution >= 4 is 21.6 Å². The van der Waals surface area contributed by atoms with Crippen LogP contribution < -0.4 is 5.73 Å². The summed E-state index contributed by atoms with van der Waals surface area (Å²) in [5, 5.41) is 0. The minimum absolute atomic E-state index is 0.686. The molecule has 2 nitrogen and oxygen atoms in total. The molecule has 0 saturated carbocycles. The number of nitrogens with zero attached hydrogens (tertiary/aromatic N) is 1. The first-order valence-electron chi connectivity index (χ1n) is 4.22. The standard InChI is InChI=1S/C11H9BrN2/c12-10-3-1-8(2-4-10)9-5-11(13)7-14-6-9/h1-7H,13H2. The molecule has 1 aromatic carbocycles. The Labute approximate surface area is 90.9 Å². The van der Waals surface area contributed by atoms with E-state index in [9.17, 15) is 0 Å². The van der Waals surface area contributed by atoms with Gasteiger partial charge in [-0.1, -0.05) is 28.1 Å². The van der Waals surface area contributed by atoms with Gasteiger partial charge in [-0.25, -0.2) is 0 Å². The van der Waals surface area contributed by atoms with Crippen LogP contribution in [0.1, 0.15) is 0 Å². The van der Waals surface area contributed by atoms with Crippen LogP contribution in [0.4, 0.5) is 5.69 Å². The highest BCUT2D eigenvalue weighted by molar-refractivity contribution is 9.10. The molecule has 0 saturated heterocycles. The molecule has 0 atom stereocenters. The van der Waals surface area contributed by atoms with E-state index in [1.165, 1.54) is 0 Å². The van der Waals surface area contributed by atoms with Crippen LogP contribution in [0.3, 0.4) is 0 Å². The Balaban J connectivity index is 2.44. The average molecular weight is 249 g/mol. The number of hydrogen-bond acceptors (Lipinski definition) is 2. The second-order valence-corrected chi connectivity index (χ2v) is 3.93. The second kappa shape index (κ2) is 3.80. The van der Waals surface area contributed by atoms with E-state index in [0.29, 0.717) is 5.69 Å². The fourth-order valence-corrected chi connectivity index (χ4v) is 1.52. The molecule has 2 aromatic rings. The number of anilines is 1. The number of nitrogens with two attached hydrogens (primary N) is 1. The molecule has 3 heteroatoms. The molecule has 70 valence electrons. The van der Waals surface area contributed by atoms with E-state index < -0.39 is 0 Å². The zero-order valence-electron chi connectivity index (χ0n) is 7.44. The Kier molecular flexibility index (Phi) is 2.50. The van der Waals surface area contributed by atoms with Crippen LogP contribution in [-0.2, 0) is 0 Å². The van der Waals surface area contributed by atoms with Crippen LogP contribution in [0.15, 0.2) is 47.2 Å². The molecule has 2 rings (SSSR count). The van der Waals surface area contributed by atoms with Crippen molar-refractivity contribution in [3.8, 4) is 11.1 Å². The van der Waals surface area contributed by atoms with Crippen molar-refractivity contribution < 1.29 is 0 Å². The van der Waals surface area contributed by atoms with Gasteiger partial charge in [0.15, 0.2) is 0 Å². The molecule has 2 N–H and O–H groups in total. The van der Waals surface area contributed by atoms with E-state index in [0.717, 1.165) is 15.6 Å². The van der Waals surface area contributed by atoms with Crippen LogP contribution in [0, 0.1) is 0 Å². The SMILES string of the molecule is Nc1cncc(-c2ccc(Br)cc2)c1. The lowest BCUT2D eigenvalue weighted by molar-refractivity contribution is 1.33. The summed E-state index contributed by atoms with van der Waals surface area (Å²) >= 11 is 3.39. The molecule has 0 radical (unpaired) electrons. The quantitative estimate of drug-likeness (QED) is 0.843. The number of pyridine rings is 1. The number of nitrogen functional groups attached to an aromatic ring is 1. The first-order chi connectivity index (χ1) is 6.75. The summed E-state index contributed by atoms with van der Waals surface area (Å²) in [4.78, 5) is 4.05. The summed E-state index contributed by atoms with van der Waals surface area (Å²) in [6.07, 6.45) is 3.45. The number of aromatic nitrogens is 1. The molecular weight excluding hydrogens is 240 g/mol. The maximum absolute atomic E-state index is 5.65. The molecule has 0 amide bonds. The molecule has 0 fully saturated rings. The second-order valence-electron chi connectivity index (χ2n) is 3.01. The van der Waals surface area contributed by atoms with E-state index in [2.05, 4.69) is 20.9 Å². The summed E-state index contributed by atoms with van der Waals surface area (Å²) in [5.41, 5.74) is 8.50. The first-order valence-corrected chi connectivity index (χ1v) is 5.01. The van der Waals surface area contributed by atoms with Crippen molar-refractivity contribution in [2.75, 3.05) is 5.73 Å². The maximum atomic E-state index is 5.65. The number of rotatable bonds is 1. The van der Waals surface area contributed by atoms with E-state index >= 15 is 0 Å². The maximum Gasteiger partial charge on any atom is 0.0506 e. The van der Waals surface area contributed by atoms with Gasteiger partial charge in [0.1, 0.15) is 0 Å². The highest BCUT2D eigenvalue weighted by Gasteiger charge is 1.97. The third kappa shape index (κ3) is 1.93. The van der Waals surface area contributed by atoms with Gasteiger partial charge in [0.2, 0.25) is 0 Å². The first kappa shape index (κ1) is 9.21. The van der Waals surface area contributed by atoms with Crippen molar-refractivity contribution in [2.45, 2.75) is 0 Å². The van der Waals surface area contributed by atoms with Crippen LogP contribution >= 0.6 is 15.9 Å². The molecular formula is C11H9BrN2. The lowest BCUT2D eigenvalue weighted by Gasteiger charge is -2.01. The fourth-order valence-electron chi connectivity index (χ4n) is 1.26. The van der Waals surface area contributed by atoms with Crippen LogP contribution in [0.25, 0.3) is 11.1 Å². The highest BCUT2D eigenvalue weighted by atomic mass is 79.9. The Bertz CT molecular complexity index is 437. The zero-order valence-corrected chi connectivity index (χ0v) is 9.03. The molecule has 1 heterocycles. The Morgan fingerprint density at radius 1 is 1.00 bits per heavy atom. The molecule has 14 heavy (non-hydrogen) atoms. The van der Waals surface area contributed by atoms with Crippen molar-refractivity contribution in [2.24, 2.45) is 0 Å². The predicted octanol–water partition coefficient (Wildman–Crippen LogP) is 3.09. The van der Waals surface area contributed by atoms with Gasteiger partial charge >= 0.3 is 0 Å². The average Bonchev–Trinajstić information content (AvgIpc) is 2.19. The molecule has 0 aliphatic heterocycles. The van der Waals surface area contributed by atoms with Crippen molar-refractivity contribution in [3.63, 3.8) is 0 Å². The van der Waals surface area contributed by atoms with Crippen molar-refractivity contribution in [3.05, 3.63) is 47.2 Å². The van der Waals surface area contributed by atoms with Crippen LogP contribution in [0.2, 0.25) is 0 Å². The summed E-state index contributed by atoms with van der Waals surface area (Å²) < 4.78 is 1.07. The van der Waals surface area contributed by atoms with Gasteiger partial charge in [-0.05, 0) is 23.8 Å². The third-order valence-electron chi connectivity index (χ3n) is 1.94. The molecule has 0 aliphatic carbocycles. The predicted molar refractivity (Wildman–Crippen MR) is 61.8 cm³/mol. The minimum atomic E-state index is 0.686. The van der Waals surface area contributed by atoms with E-state index in [1.807, 2.05) is 30.3 Å². The third-order valence-corrected chi connectivity index (χ3v) is 2.47. The normalized spacial score (nSPS) is 10.1. The molecule has 0 spiro atoms. The Morgan fingerprint density at radius 3 is 2.36 bits per heavy atom. The van der Waals surface area contributed by atoms with Gasteiger partial charge in [-0.15, -0.1) is 0 Å². The van der Waals surface area contributed by atoms with Crippen molar-refractivity contribution in [1.82, 2.24) is 4.98 Å². The monoisotopic (exact) mass is 248 g/mol. The summed E-state index contributed by atoms with van der Waals surface area (Å²) in [7, 11) is 0. The number of benzene rings is 1. The van der Waals surface area contributed by atoms with Crippen LogP contribution in [0.5, 0.6) is 0 Å². The smallest absolute Gasteiger partial charge is 0.0506 e. The Hall–Kier alpha value is -1.35. The van der Waals surface area contributed by atoms with Gasteiger partial charge in [0.05, 0.1) is 5.69 Å². The largest absolute Gasteiger partial charge is 0.397 e. The van der Waals surface area contributed by atoms with Crippen molar-refractivity contribution in [1.29, 1.82) is 0 Å². The van der Waals surface area contributed by atoms with Crippen LogP contribution in [-0.4, -0.2) is 4.98 Å². The highest BCUT2D eigenvalue weighted by Crippen LogP contribution is 2.22. The molecule has 1 aromatic heterocycles. The van der Waals surface area contributed by atoms with Gasteiger partial charge in [0.25, 0.3) is 0 Å². The summed E-state index contributed by atoms with van der Waals surface area (Å²) in [6.45, 7) is 0. The van der Waals surface area contributed by atoms with Gasteiger partial charge in [0, 0.05) is 22.4 Å². The van der Waals surface area contributed by atoms with E-state index in [4.69, 9.17) is 5.73 Å². The topological polar surface area (TPSA) is 38.9 Å². The number of hydrogen-bond donors (Lipinski definition) is 1. The Morgan fingerprint density at radius 2 is 1.71 bits per heavy atom. The molecule has 0 unspecified atom stereocenters. The van der Waals surface area contributed by atoms with E-state index in [1.54, 1.807) is 12.4 Å². The van der Waals surface area contributed by atoms with E-state index in [-0.39, 0.29) is 0 Å². The summed E-state index contributed by atoms with van der Waals surface area (Å²) in [6, 6.07) is 9.97. The fraction of sp³-hybridized carbons (Fsp3) is 0. The van der Waals surface area contributed by atoms with Gasteiger partial charge < -0.3 is 5.73 Å². The zero-order chi connectivity index (χ0) is 9.97. The summed E-state index contributed by atoms with van der Waals surface area (Å²) in [5.74, 6) is 0. The van der Waals surface area contributed by atoms with Gasteiger partial charge in [-0.2, -0.15) is 0 Å². The lowest BCUT2D eigenvalue weighted by Crippen LogP contribution is -1.87. The molecule has 0 bridgehead atoms. The lowest BCUT2D eigenvalue weighted by atomic mass is 10.1. The minimum Gasteiger partial charge on any atom is -0.397 e. The number of halogens is 1.